The molecule has 0 bridgehead atoms. The largest absolute Gasteiger partial charge is 0.480 e. The fraction of sp³-hybridized carbons (Fsp3) is 0.500. The smallest absolute Gasteiger partial charge is 0.329 e. The van der Waals surface area contributed by atoms with E-state index in [0.717, 1.165) is 11.8 Å². The molecule has 0 radical (unpaired) electrons. The van der Waals surface area contributed by atoms with E-state index in [1.165, 1.54) is 17.3 Å². The minimum absolute atomic E-state index is 0.215. The second kappa shape index (κ2) is 6.08. The van der Waals surface area contributed by atoms with Gasteiger partial charge in [-0.2, -0.15) is 0 Å². The molecule has 1 aliphatic rings. The standard InChI is InChI=1S/C16H22N2O5S/c1-5-16(3,15(20)21)17-14(19)11-6-7-13-12(9-11)8-10(2)18(13)24(4,22)23/h6-7,9-10H,5,8H2,1-4H3,(H,17,19)(H,20,21)/t10-,16-/m1/s1. The number of anilines is 1. The quantitative estimate of drug-likeness (QED) is 0.831. The normalized spacial score (nSPS) is 19.5. The lowest BCUT2D eigenvalue weighted by Crippen LogP contribution is -2.51. The number of carbonyl (C=O) groups is 2. The molecule has 24 heavy (non-hydrogen) atoms. The first-order chi connectivity index (χ1) is 11.0. The minimum Gasteiger partial charge on any atom is -0.480 e. The Labute approximate surface area is 141 Å². The van der Waals surface area contributed by atoms with E-state index >= 15 is 0 Å². The molecule has 0 fully saturated rings. The highest BCUT2D eigenvalue weighted by atomic mass is 32.2. The van der Waals surface area contributed by atoms with Crippen molar-refractivity contribution < 1.29 is 23.1 Å². The molecule has 0 aromatic heterocycles. The van der Waals surface area contributed by atoms with E-state index in [-0.39, 0.29) is 12.5 Å². The molecular formula is C16H22N2O5S. The summed E-state index contributed by atoms with van der Waals surface area (Å²) in [6.07, 6.45) is 1.91. The van der Waals surface area contributed by atoms with Gasteiger partial charge >= 0.3 is 5.97 Å². The number of fused-ring (bicyclic) bond motifs is 1. The highest BCUT2D eigenvalue weighted by Crippen LogP contribution is 2.34. The second-order valence-corrected chi connectivity index (χ2v) is 8.26. The van der Waals surface area contributed by atoms with Gasteiger partial charge in [-0.3, -0.25) is 9.10 Å². The maximum absolute atomic E-state index is 12.4. The van der Waals surface area contributed by atoms with Gasteiger partial charge in [0.05, 0.1) is 11.9 Å². The maximum atomic E-state index is 12.4. The van der Waals surface area contributed by atoms with Gasteiger partial charge in [0.15, 0.2) is 0 Å². The SMILES string of the molecule is CC[C@@](C)(NC(=O)c1ccc2c(c1)C[C@@H](C)N2S(C)(=O)=O)C(=O)O. The summed E-state index contributed by atoms with van der Waals surface area (Å²) in [6.45, 7) is 4.94. The van der Waals surface area contributed by atoms with Gasteiger partial charge < -0.3 is 10.4 Å². The third kappa shape index (κ3) is 3.24. The van der Waals surface area contributed by atoms with E-state index in [9.17, 15) is 23.1 Å². The molecule has 1 aromatic carbocycles. The molecule has 7 nitrogen and oxygen atoms in total. The van der Waals surface area contributed by atoms with E-state index < -0.39 is 27.4 Å². The average molecular weight is 354 g/mol. The van der Waals surface area contributed by atoms with Crippen LogP contribution in [0.25, 0.3) is 0 Å². The van der Waals surface area contributed by atoms with Crippen LogP contribution in [0.3, 0.4) is 0 Å². The van der Waals surface area contributed by atoms with Gasteiger partial charge in [0.1, 0.15) is 5.54 Å². The molecule has 1 amide bonds. The molecule has 132 valence electrons. The van der Waals surface area contributed by atoms with Crippen molar-refractivity contribution in [3.63, 3.8) is 0 Å². The van der Waals surface area contributed by atoms with Crippen molar-refractivity contribution in [3.8, 4) is 0 Å². The first-order valence-corrected chi connectivity index (χ1v) is 9.52. The van der Waals surface area contributed by atoms with Crippen LogP contribution in [0.4, 0.5) is 5.69 Å². The van der Waals surface area contributed by atoms with Crippen molar-refractivity contribution in [2.24, 2.45) is 0 Å². The Morgan fingerprint density at radius 3 is 2.54 bits per heavy atom. The maximum Gasteiger partial charge on any atom is 0.329 e. The molecule has 1 heterocycles. The molecular weight excluding hydrogens is 332 g/mol. The van der Waals surface area contributed by atoms with Crippen LogP contribution in [0.15, 0.2) is 18.2 Å². The van der Waals surface area contributed by atoms with Crippen LogP contribution in [-0.4, -0.2) is 43.2 Å². The highest BCUT2D eigenvalue weighted by Gasteiger charge is 2.35. The molecule has 0 aliphatic carbocycles. The van der Waals surface area contributed by atoms with Crippen molar-refractivity contribution in [2.45, 2.75) is 45.2 Å². The zero-order valence-electron chi connectivity index (χ0n) is 14.2. The van der Waals surface area contributed by atoms with E-state index in [1.807, 2.05) is 0 Å². The monoisotopic (exact) mass is 354 g/mol. The number of nitrogens with zero attached hydrogens (tertiary/aromatic N) is 1. The Bertz CT molecular complexity index is 790. The van der Waals surface area contributed by atoms with Crippen LogP contribution in [0.2, 0.25) is 0 Å². The molecule has 0 spiro atoms. The number of sulfonamides is 1. The van der Waals surface area contributed by atoms with Crippen LogP contribution >= 0.6 is 0 Å². The predicted molar refractivity (Wildman–Crippen MR) is 90.7 cm³/mol. The van der Waals surface area contributed by atoms with Crippen molar-refractivity contribution in [1.29, 1.82) is 0 Å². The molecule has 2 rings (SSSR count). The number of nitrogens with one attached hydrogen (secondary N) is 1. The van der Waals surface area contributed by atoms with Gasteiger partial charge in [-0.15, -0.1) is 0 Å². The number of benzene rings is 1. The lowest BCUT2D eigenvalue weighted by atomic mass is 9.98. The van der Waals surface area contributed by atoms with Gasteiger partial charge in [-0.05, 0) is 50.5 Å². The average Bonchev–Trinajstić information content (AvgIpc) is 2.81. The molecule has 0 saturated heterocycles. The lowest BCUT2D eigenvalue weighted by molar-refractivity contribution is -0.143. The molecule has 1 aromatic rings. The highest BCUT2D eigenvalue weighted by molar-refractivity contribution is 7.92. The van der Waals surface area contributed by atoms with Crippen molar-refractivity contribution in [2.75, 3.05) is 10.6 Å². The Morgan fingerprint density at radius 1 is 1.42 bits per heavy atom. The predicted octanol–water partition coefficient (Wildman–Crippen LogP) is 1.38. The van der Waals surface area contributed by atoms with Crippen LogP contribution in [0.1, 0.15) is 43.1 Å². The van der Waals surface area contributed by atoms with Gasteiger partial charge in [0.25, 0.3) is 5.91 Å². The van der Waals surface area contributed by atoms with Crippen LogP contribution in [0, 0.1) is 0 Å². The summed E-state index contributed by atoms with van der Waals surface area (Å²) in [5.74, 6) is -1.59. The summed E-state index contributed by atoms with van der Waals surface area (Å²) in [4.78, 5) is 23.7. The lowest BCUT2D eigenvalue weighted by Gasteiger charge is -2.25. The fourth-order valence-electron chi connectivity index (χ4n) is 2.87. The summed E-state index contributed by atoms with van der Waals surface area (Å²) in [7, 11) is -3.39. The van der Waals surface area contributed by atoms with Crippen LogP contribution in [-0.2, 0) is 21.2 Å². The van der Waals surface area contributed by atoms with Gasteiger partial charge in [0.2, 0.25) is 10.0 Å². The molecule has 0 unspecified atom stereocenters. The Morgan fingerprint density at radius 2 is 2.04 bits per heavy atom. The zero-order chi connectivity index (χ0) is 18.3. The van der Waals surface area contributed by atoms with E-state index in [1.54, 1.807) is 26.0 Å². The van der Waals surface area contributed by atoms with Crippen molar-refractivity contribution in [1.82, 2.24) is 5.32 Å². The molecule has 8 heteroatoms. The van der Waals surface area contributed by atoms with E-state index in [2.05, 4.69) is 5.32 Å². The van der Waals surface area contributed by atoms with Crippen molar-refractivity contribution in [3.05, 3.63) is 29.3 Å². The first-order valence-electron chi connectivity index (χ1n) is 7.68. The Kier molecular flexibility index (Phi) is 4.63. The third-order valence-corrected chi connectivity index (χ3v) is 5.69. The van der Waals surface area contributed by atoms with Crippen molar-refractivity contribution >= 4 is 27.6 Å². The molecule has 0 saturated carbocycles. The third-order valence-electron chi connectivity index (χ3n) is 4.42. The Hall–Kier alpha value is -2.09. The molecule has 2 N–H and O–H groups in total. The number of amides is 1. The number of carboxylic acids is 1. The number of rotatable bonds is 5. The summed E-state index contributed by atoms with van der Waals surface area (Å²) in [5, 5.41) is 11.8. The van der Waals surface area contributed by atoms with Gasteiger partial charge in [-0.1, -0.05) is 6.92 Å². The van der Waals surface area contributed by atoms with Crippen LogP contribution < -0.4 is 9.62 Å². The van der Waals surface area contributed by atoms with Gasteiger partial charge in [-0.25, -0.2) is 13.2 Å². The van der Waals surface area contributed by atoms with E-state index in [0.29, 0.717) is 17.7 Å². The topological polar surface area (TPSA) is 104 Å². The Balaban J connectivity index is 2.32. The van der Waals surface area contributed by atoms with Crippen LogP contribution in [0.5, 0.6) is 0 Å². The number of hydrogen-bond acceptors (Lipinski definition) is 4. The summed E-state index contributed by atoms with van der Waals surface area (Å²) >= 11 is 0. The summed E-state index contributed by atoms with van der Waals surface area (Å²) in [6, 6.07) is 4.53. The zero-order valence-corrected chi connectivity index (χ0v) is 15.0. The minimum atomic E-state index is -3.39. The first kappa shape index (κ1) is 18.3. The molecule has 2 atom stereocenters. The summed E-state index contributed by atoms with van der Waals surface area (Å²) < 4.78 is 25.2. The second-order valence-electron chi connectivity index (χ2n) is 6.40. The molecule has 1 aliphatic heterocycles. The number of carbonyl (C=O) groups excluding carboxylic acids is 1. The number of hydrogen-bond donors (Lipinski definition) is 2. The number of carboxylic acid groups (broad SMARTS) is 1. The van der Waals surface area contributed by atoms with Gasteiger partial charge in [0, 0.05) is 11.6 Å². The van der Waals surface area contributed by atoms with E-state index in [4.69, 9.17) is 0 Å². The fourth-order valence-corrected chi connectivity index (χ4v) is 4.13. The summed E-state index contributed by atoms with van der Waals surface area (Å²) in [5.41, 5.74) is 0.298. The number of aliphatic carboxylic acids is 1.